The molecule has 1 heterocycles. The molecule has 72 valence electrons. The number of rotatable bonds is 1. The summed E-state index contributed by atoms with van der Waals surface area (Å²) in [6, 6.07) is 0. The van der Waals surface area contributed by atoms with E-state index in [0.717, 1.165) is 0 Å². The van der Waals surface area contributed by atoms with Gasteiger partial charge in [0, 0.05) is 6.29 Å². The van der Waals surface area contributed by atoms with Crippen LogP contribution in [0, 0.1) is 0 Å². The molecule has 0 amide bonds. The number of likely N-dealkylation sites (tertiary alicyclic amines) is 1. The number of alkyl halides is 2. The summed E-state index contributed by atoms with van der Waals surface area (Å²) in [7, 11) is 2.42. The van der Waals surface area contributed by atoms with Crippen LogP contribution in [0.3, 0.4) is 0 Å². The van der Waals surface area contributed by atoms with Gasteiger partial charge in [-0.15, -0.1) is 9.24 Å². The van der Waals surface area contributed by atoms with Crippen LogP contribution in [0.15, 0.2) is 0 Å². The van der Waals surface area contributed by atoms with E-state index >= 15 is 0 Å². The van der Waals surface area contributed by atoms with E-state index in [2.05, 4.69) is 9.24 Å². The summed E-state index contributed by atoms with van der Waals surface area (Å²) in [6.07, 6.45) is -0.0687. The predicted molar refractivity (Wildman–Crippen MR) is 46.3 cm³/mol. The zero-order chi connectivity index (χ0) is 9.19. The molecule has 12 heavy (non-hydrogen) atoms. The van der Waals surface area contributed by atoms with E-state index in [1.165, 1.54) is 0 Å². The van der Waals surface area contributed by atoms with Gasteiger partial charge < -0.3 is 5.11 Å². The fraction of sp³-hybridized carbons (Fsp3) is 1.00. The zero-order valence-corrected chi connectivity index (χ0v) is 8.00. The lowest BCUT2D eigenvalue weighted by Gasteiger charge is -2.24. The lowest BCUT2D eigenvalue weighted by molar-refractivity contribution is -0.114. The number of nitrogens with zero attached hydrogens (tertiary/aromatic N) is 1. The van der Waals surface area contributed by atoms with E-state index in [9.17, 15) is 8.78 Å². The SMILES string of the molecule is OC1CCCN(CP)CC1(F)F. The standard InChI is InChI=1S/C7H14F2NOP/c8-7(9)4-10(5-12)3-1-2-6(7)11/h6,11H,1-5,12H2. The first-order valence-corrected chi connectivity index (χ1v) is 4.86. The zero-order valence-electron chi connectivity index (χ0n) is 6.84. The van der Waals surface area contributed by atoms with Gasteiger partial charge in [0.05, 0.1) is 6.54 Å². The average molecular weight is 197 g/mol. The van der Waals surface area contributed by atoms with E-state index < -0.39 is 12.0 Å². The third-order valence-corrected chi connectivity index (χ3v) is 2.65. The molecular weight excluding hydrogens is 183 g/mol. The van der Waals surface area contributed by atoms with Gasteiger partial charge in [0.1, 0.15) is 6.10 Å². The van der Waals surface area contributed by atoms with Crippen molar-refractivity contribution in [1.82, 2.24) is 4.90 Å². The van der Waals surface area contributed by atoms with Crippen molar-refractivity contribution in [3.05, 3.63) is 0 Å². The molecule has 1 rings (SSSR count). The molecule has 1 aliphatic heterocycles. The van der Waals surface area contributed by atoms with Crippen molar-refractivity contribution in [1.29, 1.82) is 0 Å². The topological polar surface area (TPSA) is 23.5 Å². The molecule has 0 radical (unpaired) electrons. The molecule has 5 heteroatoms. The Bertz CT molecular complexity index is 156. The Labute approximate surface area is 73.1 Å². The van der Waals surface area contributed by atoms with Crippen molar-refractivity contribution in [3.8, 4) is 0 Å². The van der Waals surface area contributed by atoms with Gasteiger partial charge >= 0.3 is 0 Å². The van der Waals surface area contributed by atoms with Crippen LogP contribution in [-0.4, -0.2) is 41.4 Å². The highest BCUT2D eigenvalue weighted by molar-refractivity contribution is 7.16. The van der Waals surface area contributed by atoms with Crippen molar-refractivity contribution >= 4 is 9.24 Å². The highest BCUT2D eigenvalue weighted by Gasteiger charge is 2.41. The fourth-order valence-electron chi connectivity index (χ4n) is 1.36. The maximum atomic E-state index is 13.0. The Balaban J connectivity index is 2.59. The van der Waals surface area contributed by atoms with Gasteiger partial charge in [-0.2, -0.15) is 0 Å². The Morgan fingerprint density at radius 3 is 2.83 bits per heavy atom. The summed E-state index contributed by atoms with van der Waals surface area (Å²) in [5.74, 6) is -2.94. The molecule has 0 aromatic rings. The van der Waals surface area contributed by atoms with E-state index in [1.807, 2.05) is 0 Å². The van der Waals surface area contributed by atoms with Crippen LogP contribution in [0.5, 0.6) is 0 Å². The minimum atomic E-state index is -2.94. The van der Waals surface area contributed by atoms with Crippen LogP contribution in [-0.2, 0) is 0 Å². The predicted octanol–water partition coefficient (Wildman–Crippen LogP) is 0.911. The van der Waals surface area contributed by atoms with Gasteiger partial charge in [0.25, 0.3) is 5.92 Å². The molecule has 2 nitrogen and oxygen atoms in total. The fourth-order valence-corrected chi connectivity index (χ4v) is 1.67. The van der Waals surface area contributed by atoms with Crippen molar-refractivity contribution in [3.63, 3.8) is 0 Å². The van der Waals surface area contributed by atoms with Crippen LogP contribution in [0.1, 0.15) is 12.8 Å². The largest absolute Gasteiger partial charge is 0.387 e. The van der Waals surface area contributed by atoms with Gasteiger partial charge in [-0.25, -0.2) is 8.78 Å². The van der Waals surface area contributed by atoms with Crippen molar-refractivity contribution < 1.29 is 13.9 Å². The smallest absolute Gasteiger partial charge is 0.285 e. The molecule has 1 saturated heterocycles. The lowest BCUT2D eigenvalue weighted by atomic mass is 10.1. The summed E-state index contributed by atoms with van der Waals surface area (Å²) >= 11 is 0. The normalized spacial score (nSPS) is 31.5. The first-order chi connectivity index (χ1) is 5.56. The second-order valence-electron chi connectivity index (χ2n) is 3.15. The highest BCUT2D eigenvalue weighted by atomic mass is 31.0. The number of halogens is 2. The lowest BCUT2D eigenvalue weighted by Crippen LogP contribution is -2.41. The van der Waals surface area contributed by atoms with E-state index in [-0.39, 0.29) is 13.0 Å². The Kier molecular flexibility index (Phi) is 3.38. The number of hydrogen-bond acceptors (Lipinski definition) is 2. The summed E-state index contributed by atoms with van der Waals surface area (Å²) in [5, 5.41) is 9.05. The van der Waals surface area contributed by atoms with E-state index in [1.54, 1.807) is 4.90 Å². The first kappa shape index (κ1) is 10.3. The highest BCUT2D eigenvalue weighted by Crippen LogP contribution is 2.26. The molecule has 2 unspecified atom stereocenters. The minimum absolute atomic E-state index is 0.203. The first-order valence-electron chi connectivity index (χ1n) is 4.04. The number of aliphatic hydroxyl groups excluding tert-OH is 1. The molecule has 1 aliphatic rings. The second-order valence-corrected chi connectivity index (χ2v) is 3.52. The monoisotopic (exact) mass is 197 g/mol. The average Bonchev–Trinajstić information content (AvgIpc) is 2.12. The Morgan fingerprint density at radius 2 is 2.25 bits per heavy atom. The quantitative estimate of drug-likeness (QED) is 0.631. The molecule has 2 atom stereocenters. The molecule has 0 aromatic heterocycles. The molecule has 0 spiro atoms. The summed E-state index contributed by atoms with van der Waals surface area (Å²) in [5.41, 5.74) is 0. The van der Waals surface area contributed by atoms with Crippen LogP contribution in [0.4, 0.5) is 8.78 Å². The summed E-state index contributed by atoms with van der Waals surface area (Å²) in [6.45, 7) is 0.327. The maximum Gasteiger partial charge on any atom is 0.285 e. The molecule has 0 bridgehead atoms. The molecule has 1 N–H and O–H groups in total. The Hall–Kier alpha value is 0.210. The van der Waals surface area contributed by atoms with Crippen LogP contribution >= 0.6 is 9.24 Å². The minimum Gasteiger partial charge on any atom is -0.387 e. The van der Waals surface area contributed by atoms with Gasteiger partial charge in [0.15, 0.2) is 0 Å². The Morgan fingerprint density at radius 1 is 1.58 bits per heavy atom. The van der Waals surface area contributed by atoms with Gasteiger partial charge in [-0.05, 0) is 19.4 Å². The van der Waals surface area contributed by atoms with Gasteiger partial charge in [-0.3, -0.25) is 4.90 Å². The summed E-state index contributed by atoms with van der Waals surface area (Å²) in [4.78, 5) is 1.64. The molecule has 0 aromatic carbocycles. The van der Waals surface area contributed by atoms with Crippen molar-refractivity contribution in [2.24, 2.45) is 0 Å². The number of hydrogen-bond donors (Lipinski definition) is 1. The van der Waals surface area contributed by atoms with Crippen molar-refractivity contribution in [2.75, 3.05) is 19.4 Å². The van der Waals surface area contributed by atoms with E-state index in [4.69, 9.17) is 5.11 Å². The molecule has 0 saturated carbocycles. The third kappa shape index (κ3) is 2.35. The maximum absolute atomic E-state index is 13.0. The van der Waals surface area contributed by atoms with E-state index in [0.29, 0.717) is 19.3 Å². The molecular formula is C7H14F2NOP. The van der Waals surface area contributed by atoms with Crippen LogP contribution in [0.2, 0.25) is 0 Å². The van der Waals surface area contributed by atoms with Crippen LogP contribution < -0.4 is 0 Å². The molecule has 1 fully saturated rings. The van der Waals surface area contributed by atoms with Gasteiger partial charge in [0.2, 0.25) is 0 Å². The third-order valence-electron chi connectivity index (χ3n) is 2.13. The second kappa shape index (κ2) is 3.95. The van der Waals surface area contributed by atoms with Crippen molar-refractivity contribution in [2.45, 2.75) is 24.9 Å². The number of aliphatic hydroxyl groups is 1. The molecule has 0 aliphatic carbocycles. The summed E-state index contributed by atoms with van der Waals surface area (Å²) < 4.78 is 26.0. The van der Waals surface area contributed by atoms with Crippen LogP contribution in [0.25, 0.3) is 0 Å². The van der Waals surface area contributed by atoms with Gasteiger partial charge in [-0.1, -0.05) is 0 Å².